The highest BCUT2D eigenvalue weighted by Gasteiger charge is 2.28. The molecule has 3 heteroatoms. The summed E-state index contributed by atoms with van der Waals surface area (Å²) >= 11 is 0. The Hall–Kier alpha value is -0.120. The van der Waals surface area contributed by atoms with Crippen molar-refractivity contribution in [2.75, 3.05) is 19.7 Å². The molecule has 1 fully saturated rings. The van der Waals surface area contributed by atoms with Gasteiger partial charge >= 0.3 is 0 Å². The molecule has 1 rings (SSSR count). The first-order chi connectivity index (χ1) is 7.03. The maximum Gasteiger partial charge on any atom is 0.0940 e. The monoisotopic (exact) mass is 215 g/mol. The van der Waals surface area contributed by atoms with E-state index in [1.54, 1.807) is 0 Å². The van der Waals surface area contributed by atoms with E-state index in [-0.39, 0.29) is 11.7 Å². The molecule has 0 radical (unpaired) electrons. The van der Waals surface area contributed by atoms with E-state index in [1.807, 2.05) is 0 Å². The Bertz CT molecular complexity index is 182. The minimum atomic E-state index is -0.0553. The minimum Gasteiger partial charge on any atom is -0.376 e. The van der Waals surface area contributed by atoms with Crippen molar-refractivity contribution in [3.05, 3.63) is 0 Å². The van der Waals surface area contributed by atoms with Gasteiger partial charge in [0.25, 0.3) is 0 Å². The van der Waals surface area contributed by atoms with Crippen molar-refractivity contribution >= 4 is 0 Å². The number of hydrogen-bond acceptors (Lipinski definition) is 3. The van der Waals surface area contributed by atoms with Gasteiger partial charge in [-0.2, -0.15) is 0 Å². The van der Waals surface area contributed by atoms with Crippen molar-refractivity contribution in [1.82, 2.24) is 5.32 Å². The van der Waals surface area contributed by atoms with Crippen molar-refractivity contribution in [3.8, 4) is 0 Å². The van der Waals surface area contributed by atoms with Crippen LogP contribution in [-0.2, 0) is 9.47 Å². The molecule has 90 valence electrons. The molecule has 0 aromatic rings. The van der Waals surface area contributed by atoms with Gasteiger partial charge < -0.3 is 14.8 Å². The second-order valence-electron chi connectivity index (χ2n) is 5.06. The van der Waals surface area contributed by atoms with E-state index in [2.05, 4.69) is 33.0 Å². The third-order valence-corrected chi connectivity index (χ3v) is 2.67. The van der Waals surface area contributed by atoms with Crippen molar-refractivity contribution in [2.45, 2.75) is 58.3 Å². The van der Waals surface area contributed by atoms with Gasteiger partial charge in [0.2, 0.25) is 0 Å². The first-order valence-corrected chi connectivity index (χ1v) is 6.03. The lowest BCUT2D eigenvalue weighted by molar-refractivity contribution is -0.128. The Balaban J connectivity index is 2.21. The summed E-state index contributed by atoms with van der Waals surface area (Å²) in [4.78, 5) is 0. The molecule has 0 aliphatic carbocycles. The van der Waals surface area contributed by atoms with Crippen molar-refractivity contribution in [2.24, 2.45) is 0 Å². The molecule has 1 saturated heterocycles. The number of hydrogen-bond donors (Lipinski definition) is 1. The van der Waals surface area contributed by atoms with Crippen molar-refractivity contribution < 1.29 is 9.47 Å². The normalized spacial score (nSPS) is 27.6. The lowest BCUT2D eigenvalue weighted by Crippen LogP contribution is -2.52. The van der Waals surface area contributed by atoms with Crippen LogP contribution in [0.25, 0.3) is 0 Å². The van der Waals surface area contributed by atoms with Gasteiger partial charge in [-0.3, -0.25) is 0 Å². The lowest BCUT2D eigenvalue weighted by Gasteiger charge is -2.36. The summed E-state index contributed by atoms with van der Waals surface area (Å²) in [7, 11) is 0. The summed E-state index contributed by atoms with van der Waals surface area (Å²) in [6.07, 6.45) is 2.86. The highest BCUT2D eigenvalue weighted by molar-refractivity contribution is 4.81. The molecule has 1 aliphatic rings. The second kappa shape index (κ2) is 5.83. The first-order valence-electron chi connectivity index (χ1n) is 6.03. The minimum absolute atomic E-state index is 0.0553. The van der Waals surface area contributed by atoms with Crippen molar-refractivity contribution in [1.29, 1.82) is 0 Å². The predicted molar refractivity (Wildman–Crippen MR) is 62.1 cm³/mol. The van der Waals surface area contributed by atoms with Gasteiger partial charge in [0.15, 0.2) is 0 Å². The summed E-state index contributed by atoms with van der Waals surface area (Å²) in [5, 5.41) is 3.38. The summed E-state index contributed by atoms with van der Waals surface area (Å²) in [5.41, 5.74) is -0.0553. The fourth-order valence-corrected chi connectivity index (χ4v) is 1.92. The van der Waals surface area contributed by atoms with E-state index in [9.17, 15) is 0 Å². The van der Waals surface area contributed by atoms with Crippen LogP contribution in [0.15, 0.2) is 0 Å². The smallest absolute Gasteiger partial charge is 0.0940 e. The second-order valence-corrected chi connectivity index (χ2v) is 5.06. The van der Waals surface area contributed by atoms with E-state index in [1.165, 1.54) is 6.42 Å². The average molecular weight is 215 g/mol. The molecular weight excluding hydrogens is 190 g/mol. The Morgan fingerprint density at radius 3 is 2.87 bits per heavy atom. The van der Waals surface area contributed by atoms with Gasteiger partial charge in [0, 0.05) is 13.1 Å². The van der Waals surface area contributed by atoms with E-state index in [0.29, 0.717) is 12.7 Å². The number of morpholine rings is 1. The Morgan fingerprint density at radius 1 is 1.53 bits per heavy atom. The lowest BCUT2D eigenvalue weighted by atomic mass is 10.1. The first kappa shape index (κ1) is 12.9. The van der Waals surface area contributed by atoms with Gasteiger partial charge in [-0.15, -0.1) is 0 Å². The maximum absolute atomic E-state index is 5.91. The van der Waals surface area contributed by atoms with Gasteiger partial charge in [0.05, 0.1) is 24.4 Å². The van der Waals surface area contributed by atoms with Crippen LogP contribution in [0.1, 0.15) is 40.5 Å². The molecule has 1 heterocycles. The van der Waals surface area contributed by atoms with E-state index < -0.39 is 0 Å². The number of rotatable bonds is 5. The molecule has 3 nitrogen and oxygen atoms in total. The zero-order valence-corrected chi connectivity index (χ0v) is 10.5. The largest absolute Gasteiger partial charge is 0.376 e. The summed E-state index contributed by atoms with van der Waals surface area (Å²) in [6.45, 7) is 11.1. The van der Waals surface area contributed by atoms with Gasteiger partial charge in [0.1, 0.15) is 0 Å². The summed E-state index contributed by atoms with van der Waals surface area (Å²) in [5.74, 6) is 0. The predicted octanol–water partition coefficient (Wildman–Crippen LogP) is 1.96. The van der Waals surface area contributed by atoms with Crippen LogP contribution in [-0.4, -0.2) is 37.5 Å². The maximum atomic E-state index is 5.91. The van der Waals surface area contributed by atoms with Crippen LogP contribution < -0.4 is 5.32 Å². The Kier molecular flexibility index (Phi) is 5.03. The molecule has 1 N–H and O–H groups in total. The molecule has 0 bridgehead atoms. The van der Waals surface area contributed by atoms with Crippen LogP contribution in [0.2, 0.25) is 0 Å². The van der Waals surface area contributed by atoms with E-state index in [4.69, 9.17) is 9.47 Å². The van der Waals surface area contributed by atoms with Crippen LogP contribution in [0.4, 0.5) is 0 Å². The average Bonchev–Trinajstić information content (AvgIpc) is 2.14. The number of ether oxygens (including phenoxy) is 2. The Morgan fingerprint density at radius 2 is 2.27 bits per heavy atom. The molecule has 0 amide bonds. The summed E-state index contributed by atoms with van der Waals surface area (Å²) < 4.78 is 11.7. The molecule has 0 saturated carbocycles. The van der Waals surface area contributed by atoms with Crippen LogP contribution in [0.5, 0.6) is 0 Å². The molecule has 0 aromatic heterocycles. The van der Waals surface area contributed by atoms with Crippen LogP contribution in [0, 0.1) is 0 Å². The third-order valence-electron chi connectivity index (χ3n) is 2.67. The topological polar surface area (TPSA) is 30.5 Å². The highest BCUT2D eigenvalue weighted by Crippen LogP contribution is 2.16. The molecule has 0 spiro atoms. The fourth-order valence-electron chi connectivity index (χ4n) is 1.92. The van der Waals surface area contributed by atoms with Gasteiger partial charge in [-0.25, -0.2) is 0 Å². The highest BCUT2D eigenvalue weighted by atomic mass is 16.6. The van der Waals surface area contributed by atoms with Crippen molar-refractivity contribution in [3.63, 3.8) is 0 Å². The van der Waals surface area contributed by atoms with Gasteiger partial charge in [-0.1, -0.05) is 13.3 Å². The van der Waals surface area contributed by atoms with E-state index in [0.717, 1.165) is 19.5 Å². The molecule has 2 atom stereocenters. The van der Waals surface area contributed by atoms with E-state index >= 15 is 0 Å². The quantitative estimate of drug-likeness (QED) is 0.760. The molecule has 15 heavy (non-hydrogen) atoms. The van der Waals surface area contributed by atoms with Crippen LogP contribution in [0.3, 0.4) is 0 Å². The zero-order valence-electron chi connectivity index (χ0n) is 10.5. The molecular formula is C12H25NO2. The number of nitrogens with one attached hydrogen (secondary N) is 1. The molecule has 2 unspecified atom stereocenters. The molecule has 0 aromatic carbocycles. The third kappa shape index (κ3) is 4.96. The van der Waals surface area contributed by atoms with Gasteiger partial charge in [-0.05, 0) is 27.2 Å². The molecule has 1 aliphatic heterocycles. The zero-order chi connectivity index (χ0) is 11.3. The Labute approximate surface area is 93.5 Å². The fraction of sp³-hybridized carbons (Fsp3) is 1.00. The SMILES string of the molecule is CCCC(C)OCC1CNCC(C)(C)O1. The standard InChI is InChI=1S/C12H25NO2/c1-5-6-10(2)14-8-11-7-13-9-12(3,4)15-11/h10-11,13H,5-9H2,1-4H3. The van der Waals surface area contributed by atoms with Crippen LogP contribution >= 0.6 is 0 Å². The summed E-state index contributed by atoms with van der Waals surface area (Å²) in [6, 6.07) is 0.